The second-order valence-electron chi connectivity index (χ2n) is 5.47. The molecular formula is C16H30O3. The smallest absolute Gasteiger partial charge is 0.314 e. The number of ketones is 1. The molecule has 0 saturated carbocycles. The summed E-state index contributed by atoms with van der Waals surface area (Å²) in [7, 11) is 0. The fourth-order valence-corrected chi connectivity index (χ4v) is 2.34. The van der Waals surface area contributed by atoms with Gasteiger partial charge < -0.3 is 5.11 Å². The lowest BCUT2D eigenvalue weighted by Gasteiger charge is -2.08. The first-order valence-electron chi connectivity index (χ1n) is 7.82. The molecule has 1 unspecified atom stereocenters. The molecule has 0 saturated heterocycles. The molecule has 19 heavy (non-hydrogen) atoms. The van der Waals surface area contributed by atoms with Crippen LogP contribution in [0, 0.1) is 5.92 Å². The molecule has 3 nitrogen and oxygen atoms in total. The molecule has 0 spiro atoms. The summed E-state index contributed by atoms with van der Waals surface area (Å²) in [5.74, 6) is -1.97. The summed E-state index contributed by atoms with van der Waals surface area (Å²) in [6.45, 7) is 3.60. The second kappa shape index (κ2) is 12.2. The summed E-state index contributed by atoms with van der Waals surface area (Å²) >= 11 is 0. The molecule has 0 fully saturated rings. The van der Waals surface area contributed by atoms with Crippen LogP contribution in [0.1, 0.15) is 84.5 Å². The first kappa shape index (κ1) is 18.1. The third kappa shape index (κ3) is 10.7. The number of carbonyl (C=O) groups is 2. The van der Waals surface area contributed by atoms with E-state index in [1.54, 1.807) is 0 Å². The number of rotatable bonds is 13. The minimum absolute atomic E-state index is 0.219. The monoisotopic (exact) mass is 270 g/mol. The summed E-state index contributed by atoms with van der Waals surface area (Å²) in [5, 5.41) is 8.87. The van der Waals surface area contributed by atoms with E-state index in [2.05, 4.69) is 6.92 Å². The lowest BCUT2D eigenvalue weighted by molar-refractivity contribution is -0.146. The number of carboxylic acid groups (broad SMARTS) is 1. The molecule has 1 N–H and O–H groups in total. The van der Waals surface area contributed by atoms with E-state index in [1.165, 1.54) is 51.9 Å². The van der Waals surface area contributed by atoms with Gasteiger partial charge >= 0.3 is 5.97 Å². The highest BCUT2D eigenvalue weighted by Crippen LogP contribution is 2.14. The van der Waals surface area contributed by atoms with E-state index >= 15 is 0 Å². The molecule has 0 aromatic rings. The zero-order chi connectivity index (χ0) is 14.5. The van der Waals surface area contributed by atoms with Crippen LogP contribution in [0.4, 0.5) is 0 Å². The van der Waals surface area contributed by atoms with Gasteiger partial charge in [-0.25, -0.2) is 0 Å². The summed E-state index contributed by atoms with van der Waals surface area (Å²) in [6.07, 6.45) is 12.8. The van der Waals surface area contributed by atoms with Gasteiger partial charge in [0.15, 0.2) is 0 Å². The fraction of sp³-hybridized carbons (Fsp3) is 0.875. The Morgan fingerprint density at radius 1 is 0.842 bits per heavy atom. The van der Waals surface area contributed by atoms with Crippen LogP contribution in [0.5, 0.6) is 0 Å². The Kier molecular flexibility index (Phi) is 11.6. The van der Waals surface area contributed by atoms with Crippen molar-refractivity contribution in [3.05, 3.63) is 0 Å². The van der Waals surface area contributed by atoms with Crippen LogP contribution in [0.15, 0.2) is 0 Å². The van der Waals surface area contributed by atoms with Crippen LogP contribution in [0.3, 0.4) is 0 Å². The van der Waals surface area contributed by atoms with E-state index in [4.69, 9.17) is 5.11 Å². The van der Waals surface area contributed by atoms with Gasteiger partial charge in [-0.1, -0.05) is 71.1 Å². The first-order valence-corrected chi connectivity index (χ1v) is 7.82. The topological polar surface area (TPSA) is 54.4 Å². The van der Waals surface area contributed by atoms with Gasteiger partial charge in [-0.05, 0) is 13.3 Å². The highest BCUT2D eigenvalue weighted by atomic mass is 16.4. The minimum Gasteiger partial charge on any atom is -0.481 e. The highest BCUT2D eigenvalue weighted by molar-refractivity contribution is 5.96. The van der Waals surface area contributed by atoms with E-state index in [0.29, 0.717) is 6.42 Å². The summed E-state index contributed by atoms with van der Waals surface area (Å²) in [4.78, 5) is 21.9. The quantitative estimate of drug-likeness (QED) is 0.393. The maximum absolute atomic E-state index is 11.1. The summed E-state index contributed by atoms with van der Waals surface area (Å²) in [5.41, 5.74) is 0. The van der Waals surface area contributed by atoms with Gasteiger partial charge in [0.05, 0.1) is 0 Å². The van der Waals surface area contributed by atoms with E-state index in [9.17, 15) is 9.59 Å². The van der Waals surface area contributed by atoms with Crippen molar-refractivity contribution in [3.8, 4) is 0 Å². The van der Waals surface area contributed by atoms with Gasteiger partial charge in [-0.15, -0.1) is 0 Å². The standard InChI is InChI=1S/C16H30O3/c1-3-4-5-6-7-8-9-10-11-12-13-15(14(2)17)16(18)19/h15H,3-13H2,1-2H3,(H,18,19). The number of carbonyl (C=O) groups excluding carboxylic acids is 1. The van der Waals surface area contributed by atoms with Gasteiger partial charge in [0.2, 0.25) is 0 Å². The molecule has 0 heterocycles. The van der Waals surface area contributed by atoms with E-state index in [-0.39, 0.29) is 5.78 Å². The van der Waals surface area contributed by atoms with Crippen molar-refractivity contribution < 1.29 is 14.7 Å². The third-order valence-corrected chi connectivity index (χ3v) is 3.64. The Bertz CT molecular complexity index is 234. The molecule has 0 aromatic heterocycles. The van der Waals surface area contributed by atoms with Crippen molar-refractivity contribution in [2.75, 3.05) is 0 Å². The van der Waals surface area contributed by atoms with Crippen molar-refractivity contribution in [3.63, 3.8) is 0 Å². The number of aliphatic carboxylic acids is 1. The third-order valence-electron chi connectivity index (χ3n) is 3.64. The van der Waals surface area contributed by atoms with Crippen LogP contribution in [-0.4, -0.2) is 16.9 Å². The van der Waals surface area contributed by atoms with Gasteiger partial charge in [-0.3, -0.25) is 9.59 Å². The number of Topliss-reactive ketones (excluding diaryl/α,β-unsaturated/α-hetero) is 1. The Labute approximate surface area is 117 Å². The molecular weight excluding hydrogens is 240 g/mol. The van der Waals surface area contributed by atoms with Crippen LogP contribution in [0.25, 0.3) is 0 Å². The SMILES string of the molecule is CCCCCCCCCCCCC(C(C)=O)C(=O)O. The van der Waals surface area contributed by atoms with Crippen molar-refractivity contribution in [2.24, 2.45) is 5.92 Å². The largest absolute Gasteiger partial charge is 0.481 e. The molecule has 0 aliphatic heterocycles. The van der Waals surface area contributed by atoms with Gasteiger partial charge in [0.1, 0.15) is 11.7 Å². The number of hydrogen-bond acceptors (Lipinski definition) is 2. The summed E-state index contributed by atoms with van der Waals surface area (Å²) < 4.78 is 0. The van der Waals surface area contributed by atoms with Gasteiger partial charge in [0, 0.05) is 0 Å². The molecule has 0 radical (unpaired) electrons. The highest BCUT2D eigenvalue weighted by Gasteiger charge is 2.21. The van der Waals surface area contributed by atoms with Gasteiger partial charge in [0.25, 0.3) is 0 Å². The molecule has 3 heteroatoms. The Morgan fingerprint density at radius 2 is 1.26 bits per heavy atom. The van der Waals surface area contributed by atoms with E-state index < -0.39 is 11.9 Å². The zero-order valence-electron chi connectivity index (χ0n) is 12.6. The number of hydrogen-bond donors (Lipinski definition) is 1. The molecule has 0 aromatic carbocycles. The predicted octanol–water partition coefficient (Wildman–Crippen LogP) is 4.59. The van der Waals surface area contributed by atoms with Crippen molar-refractivity contribution in [2.45, 2.75) is 84.5 Å². The van der Waals surface area contributed by atoms with Crippen LogP contribution in [0.2, 0.25) is 0 Å². The number of carboxylic acids is 1. The molecule has 0 rings (SSSR count). The minimum atomic E-state index is -0.969. The first-order chi connectivity index (χ1) is 9.09. The molecule has 1 atom stereocenters. The van der Waals surface area contributed by atoms with Crippen molar-refractivity contribution >= 4 is 11.8 Å². The fourth-order valence-electron chi connectivity index (χ4n) is 2.34. The summed E-state index contributed by atoms with van der Waals surface area (Å²) in [6, 6.07) is 0. The zero-order valence-corrected chi connectivity index (χ0v) is 12.6. The molecule has 112 valence electrons. The predicted molar refractivity (Wildman–Crippen MR) is 78.3 cm³/mol. The van der Waals surface area contributed by atoms with Crippen LogP contribution >= 0.6 is 0 Å². The maximum atomic E-state index is 11.1. The normalized spacial score (nSPS) is 12.3. The van der Waals surface area contributed by atoms with Crippen LogP contribution in [-0.2, 0) is 9.59 Å². The maximum Gasteiger partial charge on any atom is 0.314 e. The van der Waals surface area contributed by atoms with Crippen molar-refractivity contribution in [1.82, 2.24) is 0 Å². The van der Waals surface area contributed by atoms with Crippen LogP contribution < -0.4 is 0 Å². The molecule has 0 aliphatic rings. The number of unbranched alkanes of at least 4 members (excludes halogenated alkanes) is 9. The Morgan fingerprint density at radius 3 is 1.63 bits per heavy atom. The van der Waals surface area contributed by atoms with E-state index in [0.717, 1.165) is 19.3 Å². The van der Waals surface area contributed by atoms with Crippen molar-refractivity contribution in [1.29, 1.82) is 0 Å². The van der Waals surface area contributed by atoms with E-state index in [1.807, 2.05) is 0 Å². The average molecular weight is 270 g/mol. The lowest BCUT2D eigenvalue weighted by Crippen LogP contribution is -2.21. The molecule has 0 aliphatic carbocycles. The van der Waals surface area contributed by atoms with Gasteiger partial charge in [-0.2, -0.15) is 0 Å². The Hall–Kier alpha value is -0.860. The average Bonchev–Trinajstić information content (AvgIpc) is 2.35. The molecule has 0 amide bonds. The second-order valence-corrected chi connectivity index (χ2v) is 5.47. The molecule has 0 bridgehead atoms. The lowest BCUT2D eigenvalue weighted by atomic mass is 9.97. The Balaban J connectivity index is 3.35.